The molecule has 172 valence electrons. The van der Waals surface area contributed by atoms with Crippen molar-refractivity contribution in [3.8, 4) is 11.5 Å². The van der Waals surface area contributed by atoms with Gasteiger partial charge in [0.1, 0.15) is 17.3 Å². The molecule has 0 heterocycles. The minimum Gasteiger partial charge on any atom is -0.496 e. The Morgan fingerprint density at radius 3 is 2.00 bits per heavy atom. The van der Waals surface area contributed by atoms with Crippen molar-refractivity contribution in [2.45, 2.75) is 19.3 Å². The fourth-order valence-electron chi connectivity index (χ4n) is 3.95. The summed E-state index contributed by atoms with van der Waals surface area (Å²) in [6, 6.07) is 39.1. The van der Waals surface area contributed by atoms with Crippen LogP contribution in [0.5, 0.6) is 11.5 Å². The van der Waals surface area contributed by atoms with E-state index in [-0.39, 0.29) is 0 Å². The van der Waals surface area contributed by atoms with Crippen LogP contribution in [0.1, 0.15) is 23.1 Å². The topological polar surface area (TPSA) is 44.5 Å². The molecule has 0 radical (unpaired) electrons. The molecule has 0 atom stereocenters. The number of aryl methyl sites for hydroxylation is 1. The zero-order valence-corrected chi connectivity index (χ0v) is 19.4. The Bertz CT molecular complexity index is 1170. The minimum atomic E-state index is 0.477. The average Bonchev–Trinajstić information content (AvgIpc) is 2.90. The van der Waals surface area contributed by atoms with E-state index in [0.717, 1.165) is 46.8 Å². The minimum absolute atomic E-state index is 0.477. The molecule has 0 aliphatic rings. The number of nitrogens with two attached hydrogens (primary N) is 1. The van der Waals surface area contributed by atoms with Gasteiger partial charge in [0.2, 0.25) is 0 Å². The molecule has 0 saturated heterocycles. The Balaban J connectivity index is 1.69. The van der Waals surface area contributed by atoms with E-state index < -0.39 is 0 Å². The molecular weight excluding hydrogens is 418 g/mol. The van der Waals surface area contributed by atoms with Crippen molar-refractivity contribution >= 4 is 5.57 Å². The molecule has 0 aliphatic heterocycles. The second kappa shape index (κ2) is 12.4. The molecule has 3 heteroatoms. The maximum atomic E-state index is 6.27. The lowest BCUT2D eigenvalue weighted by molar-refractivity contribution is 0.212. The lowest BCUT2D eigenvalue weighted by Gasteiger charge is -2.19. The number of para-hydroxylation sites is 2. The summed E-state index contributed by atoms with van der Waals surface area (Å²) in [6.07, 6.45) is 2.40. The second-order valence-electron chi connectivity index (χ2n) is 8.09. The lowest BCUT2D eigenvalue weighted by atomic mass is 9.94. The fourth-order valence-corrected chi connectivity index (χ4v) is 3.95. The normalized spacial score (nSPS) is 11.6. The predicted molar refractivity (Wildman–Crippen MR) is 140 cm³/mol. The first kappa shape index (κ1) is 23.3. The standard InChI is InChI=1S/C31H31NO2/c32-22-23-33-31(21-20-25-12-4-1-5-13-25)29(26-14-6-2-7-15-26)24-27-16-10-11-19-30(27)34-28-17-8-3-9-18-28/h1-19H,20-24,32H2/b31-29-. The molecule has 4 rings (SSSR count). The summed E-state index contributed by atoms with van der Waals surface area (Å²) in [5.41, 5.74) is 10.5. The quantitative estimate of drug-likeness (QED) is 0.250. The van der Waals surface area contributed by atoms with Gasteiger partial charge < -0.3 is 15.2 Å². The molecular formula is C31H31NO2. The summed E-state index contributed by atoms with van der Waals surface area (Å²) >= 11 is 0. The molecule has 3 nitrogen and oxygen atoms in total. The molecule has 0 spiro atoms. The van der Waals surface area contributed by atoms with Crippen LogP contribution in [0, 0.1) is 0 Å². The van der Waals surface area contributed by atoms with E-state index in [1.807, 2.05) is 54.6 Å². The van der Waals surface area contributed by atoms with Gasteiger partial charge in [-0.05, 0) is 41.3 Å². The number of benzene rings is 4. The van der Waals surface area contributed by atoms with Crippen LogP contribution in [0.15, 0.2) is 121 Å². The highest BCUT2D eigenvalue weighted by Crippen LogP contribution is 2.32. The van der Waals surface area contributed by atoms with Gasteiger partial charge in [0.05, 0.1) is 6.61 Å². The number of rotatable bonds is 11. The molecule has 2 N–H and O–H groups in total. The smallest absolute Gasteiger partial charge is 0.130 e. The maximum Gasteiger partial charge on any atom is 0.130 e. The number of allylic oxidation sites excluding steroid dienone is 2. The average molecular weight is 450 g/mol. The Kier molecular flexibility index (Phi) is 8.53. The molecule has 0 saturated carbocycles. The Hall–Kier alpha value is -3.82. The van der Waals surface area contributed by atoms with Gasteiger partial charge in [-0.3, -0.25) is 0 Å². The van der Waals surface area contributed by atoms with Crippen LogP contribution in [0.3, 0.4) is 0 Å². The third kappa shape index (κ3) is 6.60. The molecule has 0 amide bonds. The van der Waals surface area contributed by atoms with E-state index in [4.69, 9.17) is 15.2 Å². The van der Waals surface area contributed by atoms with Crippen molar-refractivity contribution < 1.29 is 9.47 Å². The third-order valence-electron chi connectivity index (χ3n) is 5.65. The SMILES string of the molecule is NCCO/C(CCc1ccccc1)=C(/Cc1ccccc1Oc1ccccc1)c1ccccc1. The van der Waals surface area contributed by atoms with Gasteiger partial charge in [0.15, 0.2) is 0 Å². The third-order valence-corrected chi connectivity index (χ3v) is 5.65. The van der Waals surface area contributed by atoms with E-state index in [0.29, 0.717) is 19.6 Å². The van der Waals surface area contributed by atoms with Crippen molar-refractivity contribution in [1.82, 2.24) is 0 Å². The highest BCUT2D eigenvalue weighted by Gasteiger charge is 2.15. The van der Waals surface area contributed by atoms with E-state index in [2.05, 4.69) is 60.7 Å². The largest absolute Gasteiger partial charge is 0.496 e. The summed E-state index contributed by atoms with van der Waals surface area (Å²) < 4.78 is 12.5. The first-order chi connectivity index (χ1) is 16.8. The van der Waals surface area contributed by atoms with Crippen LogP contribution in [0.2, 0.25) is 0 Å². The first-order valence-electron chi connectivity index (χ1n) is 11.8. The summed E-state index contributed by atoms with van der Waals surface area (Å²) in [5.74, 6) is 2.65. The monoisotopic (exact) mass is 449 g/mol. The van der Waals surface area contributed by atoms with E-state index in [1.54, 1.807) is 0 Å². The summed E-state index contributed by atoms with van der Waals surface area (Å²) in [7, 11) is 0. The number of ether oxygens (including phenoxy) is 2. The van der Waals surface area contributed by atoms with Gasteiger partial charge in [-0.1, -0.05) is 97.1 Å². The Morgan fingerprint density at radius 1 is 0.676 bits per heavy atom. The molecule has 4 aromatic rings. The molecule has 0 fully saturated rings. The van der Waals surface area contributed by atoms with Gasteiger partial charge in [-0.2, -0.15) is 0 Å². The number of hydrogen-bond donors (Lipinski definition) is 1. The van der Waals surface area contributed by atoms with E-state index in [1.165, 1.54) is 5.56 Å². The van der Waals surface area contributed by atoms with E-state index in [9.17, 15) is 0 Å². The van der Waals surface area contributed by atoms with Crippen molar-refractivity contribution in [2.75, 3.05) is 13.2 Å². The van der Waals surface area contributed by atoms with Crippen LogP contribution in [-0.4, -0.2) is 13.2 Å². The van der Waals surface area contributed by atoms with Crippen molar-refractivity contribution in [1.29, 1.82) is 0 Å². The van der Waals surface area contributed by atoms with Crippen LogP contribution < -0.4 is 10.5 Å². The van der Waals surface area contributed by atoms with E-state index >= 15 is 0 Å². The molecule has 0 bridgehead atoms. The van der Waals surface area contributed by atoms with Crippen LogP contribution >= 0.6 is 0 Å². The molecule has 0 aromatic heterocycles. The maximum absolute atomic E-state index is 6.27. The Morgan fingerprint density at radius 2 is 1.29 bits per heavy atom. The van der Waals surface area contributed by atoms with Gasteiger partial charge >= 0.3 is 0 Å². The van der Waals surface area contributed by atoms with Gasteiger partial charge in [0.25, 0.3) is 0 Å². The summed E-state index contributed by atoms with van der Waals surface area (Å²) in [5, 5.41) is 0. The molecule has 34 heavy (non-hydrogen) atoms. The zero-order chi connectivity index (χ0) is 23.4. The van der Waals surface area contributed by atoms with Crippen LogP contribution in [0.4, 0.5) is 0 Å². The van der Waals surface area contributed by atoms with Crippen molar-refractivity contribution in [3.05, 3.63) is 138 Å². The lowest BCUT2D eigenvalue weighted by Crippen LogP contribution is -2.11. The molecule has 0 unspecified atom stereocenters. The molecule has 0 aliphatic carbocycles. The van der Waals surface area contributed by atoms with Crippen LogP contribution in [-0.2, 0) is 17.6 Å². The summed E-state index contributed by atoms with van der Waals surface area (Å²) in [4.78, 5) is 0. The summed E-state index contributed by atoms with van der Waals surface area (Å²) in [6.45, 7) is 0.966. The molecule has 4 aromatic carbocycles. The van der Waals surface area contributed by atoms with Crippen molar-refractivity contribution in [2.24, 2.45) is 5.73 Å². The highest BCUT2D eigenvalue weighted by molar-refractivity contribution is 5.70. The fraction of sp³-hybridized carbons (Fsp3) is 0.161. The van der Waals surface area contributed by atoms with Crippen molar-refractivity contribution in [3.63, 3.8) is 0 Å². The van der Waals surface area contributed by atoms with Gasteiger partial charge in [0, 0.05) is 25.0 Å². The highest BCUT2D eigenvalue weighted by atomic mass is 16.5. The number of hydrogen-bond acceptors (Lipinski definition) is 3. The second-order valence-corrected chi connectivity index (χ2v) is 8.09. The van der Waals surface area contributed by atoms with Gasteiger partial charge in [-0.25, -0.2) is 0 Å². The van der Waals surface area contributed by atoms with Gasteiger partial charge in [-0.15, -0.1) is 0 Å². The predicted octanol–water partition coefficient (Wildman–Crippen LogP) is 7.04. The zero-order valence-electron chi connectivity index (χ0n) is 19.4. The van der Waals surface area contributed by atoms with Crippen LogP contribution in [0.25, 0.3) is 5.57 Å². The Labute approximate surface area is 202 Å². The first-order valence-corrected chi connectivity index (χ1v) is 11.8.